The summed E-state index contributed by atoms with van der Waals surface area (Å²) in [5.74, 6) is 0.432. The molecule has 6 nitrogen and oxygen atoms in total. The number of hydrogen-bond donors (Lipinski definition) is 1. The Balaban J connectivity index is 2.32. The second kappa shape index (κ2) is 3.69. The molecule has 3 heterocycles. The number of carbonyl (C=O) groups is 2. The van der Waals surface area contributed by atoms with E-state index in [0.717, 1.165) is 6.29 Å². The van der Waals surface area contributed by atoms with Crippen molar-refractivity contribution >= 4 is 18.4 Å². The van der Waals surface area contributed by atoms with Gasteiger partial charge in [-0.2, -0.15) is 0 Å². The van der Waals surface area contributed by atoms with Crippen LogP contribution in [0.2, 0.25) is 0 Å². The lowest BCUT2D eigenvalue weighted by Crippen LogP contribution is -1.89. The van der Waals surface area contributed by atoms with Crippen molar-refractivity contribution in [2.75, 3.05) is 0 Å². The van der Waals surface area contributed by atoms with Gasteiger partial charge in [-0.05, 0) is 12.5 Å². The molecule has 0 aliphatic carbocycles. The summed E-state index contributed by atoms with van der Waals surface area (Å²) in [4.78, 5) is 29.1. The minimum absolute atomic E-state index is 0.394. The largest absolute Gasteiger partial charge is 0.432 e. The summed E-state index contributed by atoms with van der Waals surface area (Å²) in [5, 5.41) is 0. The number of oxazole rings is 1. The third-order valence-corrected chi connectivity index (χ3v) is 2.98. The van der Waals surface area contributed by atoms with Crippen LogP contribution in [-0.2, 0) is 0 Å². The lowest BCUT2D eigenvalue weighted by molar-refractivity contribution is 0.111. The van der Waals surface area contributed by atoms with Crippen molar-refractivity contribution in [3.05, 3.63) is 35.5 Å². The molecule has 0 bridgehead atoms. The SMILES string of the molecule is Cc1c(C=O)[nH]c(-c2cnc3occn23)c1C=O. The number of aromatic nitrogens is 3. The van der Waals surface area contributed by atoms with E-state index in [1.807, 2.05) is 0 Å². The molecule has 0 radical (unpaired) electrons. The monoisotopic (exact) mass is 243 g/mol. The molecule has 1 N–H and O–H groups in total. The number of H-pyrrole nitrogens is 1. The van der Waals surface area contributed by atoms with E-state index in [0.29, 0.717) is 40.3 Å². The molecule has 18 heavy (non-hydrogen) atoms. The normalized spacial score (nSPS) is 10.9. The maximum absolute atomic E-state index is 11.2. The summed E-state index contributed by atoms with van der Waals surface area (Å²) in [6.07, 6.45) is 6.21. The van der Waals surface area contributed by atoms with Crippen molar-refractivity contribution in [3.63, 3.8) is 0 Å². The third-order valence-electron chi connectivity index (χ3n) is 2.98. The van der Waals surface area contributed by atoms with Crippen LogP contribution in [0.3, 0.4) is 0 Å². The van der Waals surface area contributed by atoms with E-state index in [2.05, 4.69) is 9.97 Å². The summed E-state index contributed by atoms with van der Waals surface area (Å²) in [5.41, 5.74) is 2.73. The minimum Gasteiger partial charge on any atom is -0.432 e. The Kier molecular flexibility index (Phi) is 2.16. The van der Waals surface area contributed by atoms with E-state index in [1.165, 1.54) is 6.26 Å². The number of imidazole rings is 1. The fourth-order valence-corrected chi connectivity index (χ4v) is 2.01. The van der Waals surface area contributed by atoms with Crippen molar-refractivity contribution in [1.29, 1.82) is 0 Å². The first kappa shape index (κ1) is 10.5. The van der Waals surface area contributed by atoms with E-state index in [-0.39, 0.29) is 0 Å². The van der Waals surface area contributed by atoms with E-state index in [4.69, 9.17) is 4.42 Å². The molecule has 6 heteroatoms. The molecule has 0 aliphatic rings. The second-order valence-electron chi connectivity index (χ2n) is 3.89. The van der Waals surface area contributed by atoms with Gasteiger partial charge in [0.2, 0.25) is 0 Å². The zero-order valence-corrected chi connectivity index (χ0v) is 9.51. The lowest BCUT2D eigenvalue weighted by Gasteiger charge is -1.96. The molecule has 0 fully saturated rings. The predicted octanol–water partition coefficient (Wildman–Crippen LogP) is 1.86. The van der Waals surface area contributed by atoms with Crippen LogP contribution < -0.4 is 0 Å². The molecule has 0 aliphatic heterocycles. The zero-order chi connectivity index (χ0) is 12.7. The Labute approximate surface area is 101 Å². The Morgan fingerprint density at radius 3 is 2.94 bits per heavy atom. The summed E-state index contributed by atoms with van der Waals surface area (Å²) in [7, 11) is 0. The van der Waals surface area contributed by atoms with Crippen LogP contribution in [-0.4, -0.2) is 26.9 Å². The average molecular weight is 243 g/mol. The number of aromatic amines is 1. The first-order valence-electron chi connectivity index (χ1n) is 5.30. The molecule has 3 aromatic rings. The summed E-state index contributed by atoms with van der Waals surface area (Å²) < 4.78 is 6.84. The lowest BCUT2D eigenvalue weighted by atomic mass is 10.1. The molecular weight excluding hydrogens is 234 g/mol. The van der Waals surface area contributed by atoms with Crippen molar-refractivity contribution < 1.29 is 14.0 Å². The molecule has 0 atom stereocenters. The van der Waals surface area contributed by atoms with E-state index in [9.17, 15) is 9.59 Å². The van der Waals surface area contributed by atoms with Crippen LogP contribution in [0.15, 0.2) is 23.1 Å². The first-order chi connectivity index (χ1) is 8.76. The molecule has 90 valence electrons. The van der Waals surface area contributed by atoms with Gasteiger partial charge < -0.3 is 9.40 Å². The van der Waals surface area contributed by atoms with Gasteiger partial charge in [0.25, 0.3) is 0 Å². The Bertz CT molecular complexity index is 748. The smallest absolute Gasteiger partial charge is 0.306 e. The highest BCUT2D eigenvalue weighted by atomic mass is 16.3. The van der Waals surface area contributed by atoms with Gasteiger partial charge in [0.1, 0.15) is 6.26 Å². The van der Waals surface area contributed by atoms with Crippen LogP contribution in [0, 0.1) is 6.92 Å². The molecule has 0 unspecified atom stereocenters. The molecule has 0 saturated heterocycles. The van der Waals surface area contributed by atoms with E-state index < -0.39 is 0 Å². The summed E-state index contributed by atoms with van der Waals surface area (Å²) in [6.45, 7) is 1.72. The molecular formula is C12H9N3O3. The molecule has 3 aromatic heterocycles. The maximum Gasteiger partial charge on any atom is 0.306 e. The van der Waals surface area contributed by atoms with Crippen molar-refractivity contribution in [1.82, 2.24) is 14.4 Å². The van der Waals surface area contributed by atoms with Gasteiger partial charge in [-0.15, -0.1) is 0 Å². The number of carbonyl (C=O) groups excluding carboxylic acids is 2. The van der Waals surface area contributed by atoms with Crippen LogP contribution in [0.5, 0.6) is 0 Å². The standard InChI is InChI=1S/C12H9N3O3/c1-7-8(5-16)11(14-9(7)6-17)10-4-13-12-15(10)2-3-18-12/h2-6,14H,1H3. The third kappa shape index (κ3) is 1.26. The van der Waals surface area contributed by atoms with Gasteiger partial charge in [-0.1, -0.05) is 0 Å². The van der Waals surface area contributed by atoms with Crippen LogP contribution in [0.4, 0.5) is 0 Å². The average Bonchev–Trinajstić information content (AvgIpc) is 3.02. The highest BCUT2D eigenvalue weighted by molar-refractivity contribution is 5.92. The van der Waals surface area contributed by atoms with Gasteiger partial charge in [0.15, 0.2) is 12.6 Å². The number of nitrogens with zero attached hydrogens (tertiary/aromatic N) is 2. The van der Waals surface area contributed by atoms with Crippen molar-refractivity contribution in [2.24, 2.45) is 0 Å². The van der Waals surface area contributed by atoms with Gasteiger partial charge in [0, 0.05) is 11.8 Å². The molecule has 0 saturated carbocycles. The molecule has 3 rings (SSSR count). The number of hydrogen-bond acceptors (Lipinski definition) is 4. The summed E-state index contributed by atoms with van der Waals surface area (Å²) >= 11 is 0. The molecule has 0 spiro atoms. The van der Waals surface area contributed by atoms with Crippen LogP contribution in [0.25, 0.3) is 17.2 Å². The number of rotatable bonds is 3. The molecule has 0 aromatic carbocycles. The predicted molar refractivity (Wildman–Crippen MR) is 62.8 cm³/mol. The second-order valence-corrected chi connectivity index (χ2v) is 3.89. The molecule has 0 amide bonds. The van der Waals surface area contributed by atoms with Gasteiger partial charge in [0.05, 0.1) is 23.3 Å². The zero-order valence-electron chi connectivity index (χ0n) is 9.51. The van der Waals surface area contributed by atoms with Crippen LogP contribution >= 0.6 is 0 Å². The highest BCUT2D eigenvalue weighted by Crippen LogP contribution is 2.26. The Hall–Kier alpha value is -2.63. The van der Waals surface area contributed by atoms with E-state index in [1.54, 1.807) is 23.7 Å². The first-order valence-corrected chi connectivity index (χ1v) is 5.30. The number of aldehydes is 2. The van der Waals surface area contributed by atoms with Crippen molar-refractivity contribution in [2.45, 2.75) is 6.92 Å². The van der Waals surface area contributed by atoms with Crippen molar-refractivity contribution in [3.8, 4) is 11.4 Å². The number of nitrogens with one attached hydrogen (secondary N) is 1. The number of fused-ring (bicyclic) bond motifs is 1. The highest BCUT2D eigenvalue weighted by Gasteiger charge is 2.18. The fraction of sp³-hybridized carbons (Fsp3) is 0.0833. The Morgan fingerprint density at radius 1 is 1.39 bits per heavy atom. The van der Waals surface area contributed by atoms with Gasteiger partial charge in [-0.25, -0.2) is 4.98 Å². The van der Waals surface area contributed by atoms with Crippen LogP contribution in [0.1, 0.15) is 26.4 Å². The maximum atomic E-state index is 11.2. The van der Waals surface area contributed by atoms with Gasteiger partial charge in [-0.3, -0.25) is 14.0 Å². The Morgan fingerprint density at radius 2 is 2.22 bits per heavy atom. The topological polar surface area (TPSA) is 80.4 Å². The van der Waals surface area contributed by atoms with E-state index >= 15 is 0 Å². The van der Waals surface area contributed by atoms with Gasteiger partial charge >= 0.3 is 5.84 Å². The summed E-state index contributed by atoms with van der Waals surface area (Å²) in [6, 6.07) is 0. The fourth-order valence-electron chi connectivity index (χ4n) is 2.01. The quantitative estimate of drug-likeness (QED) is 0.712. The minimum atomic E-state index is 0.394.